The maximum Gasteiger partial charge on any atom is 0.339 e. The molecule has 7 heteroatoms. The van der Waals surface area contributed by atoms with Crippen LogP contribution in [0.3, 0.4) is 0 Å². The molecule has 0 saturated carbocycles. The number of benzene rings is 1. The second kappa shape index (κ2) is 8.04. The molecule has 1 aromatic carbocycles. The van der Waals surface area contributed by atoms with Crippen molar-refractivity contribution in [1.82, 2.24) is 0 Å². The van der Waals surface area contributed by atoms with Crippen LogP contribution in [0.5, 0.6) is 0 Å². The van der Waals surface area contributed by atoms with Crippen molar-refractivity contribution in [3.05, 3.63) is 28.8 Å². The van der Waals surface area contributed by atoms with E-state index in [9.17, 15) is 9.59 Å². The van der Waals surface area contributed by atoms with Gasteiger partial charge < -0.3 is 15.2 Å². The van der Waals surface area contributed by atoms with Gasteiger partial charge in [-0.05, 0) is 12.1 Å². The highest BCUT2D eigenvalue weighted by Crippen LogP contribution is 2.24. The number of carboxylic acid groups (broad SMARTS) is 1. The number of rotatable bonds is 7. The quantitative estimate of drug-likeness (QED) is 0.756. The number of amides is 1. The molecule has 19 heavy (non-hydrogen) atoms. The second-order valence-electron chi connectivity index (χ2n) is 3.56. The van der Waals surface area contributed by atoms with Gasteiger partial charge in [0.1, 0.15) is 5.56 Å². The number of halogens is 1. The molecule has 0 aliphatic rings. The second-order valence-corrected chi connectivity index (χ2v) is 5.07. The molecule has 0 radical (unpaired) electrons. The summed E-state index contributed by atoms with van der Waals surface area (Å²) in [4.78, 5) is 22.7. The first-order valence-electron chi connectivity index (χ1n) is 5.44. The molecule has 0 unspecified atom stereocenters. The van der Waals surface area contributed by atoms with Gasteiger partial charge in [0.25, 0.3) is 0 Å². The standard InChI is InChI=1S/C12H14ClNO4S/c1-18-5-6-19-7-10(15)14-9-4-2-3-8(13)11(9)12(16)17/h2-4H,5-7H2,1H3,(H,14,15)(H,16,17). The third-order valence-corrected chi connectivity index (χ3v) is 3.40. The van der Waals surface area contributed by atoms with Gasteiger partial charge in [0.15, 0.2) is 0 Å². The molecule has 0 heterocycles. The highest BCUT2D eigenvalue weighted by Gasteiger charge is 2.15. The molecule has 0 fully saturated rings. The van der Waals surface area contributed by atoms with Crippen molar-refractivity contribution >= 4 is 40.9 Å². The normalized spacial score (nSPS) is 10.2. The zero-order chi connectivity index (χ0) is 14.3. The van der Waals surface area contributed by atoms with E-state index in [1.165, 1.54) is 23.9 Å². The molecular weight excluding hydrogens is 290 g/mol. The van der Waals surface area contributed by atoms with Gasteiger partial charge in [-0.25, -0.2) is 4.79 Å². The smallest absolute Gasteiger partial charge is 0.339 e. The van der Waals surface area contributed by atoms with Crippen molar-refractivity contribution in [3.8, 4) is 0 Å². The molecule has 1 amide bonds. The van der Waals surface area contributed by atoms with Crippen LogP contribution in [0.4, 0.5) is 5.69 Å². The van der Waals surface area contributed by atoms with Crippen LogP contribution in [0.2, 0.25) is 5.02 Å². The van der Waals surface area contributed by atoms with Crippen molar-refractivity contribution in [3.63, 3.8) is 0 Å². The third-order valence-electron chi connectivity index (χ3n) is 2.17. The van der Waals surface area contributed by atoms with Crippen LogP contribution >= 0.6 is 23.4 Å². The van der Waals surface area contributed by atoms with E-state index in [0.717, 1.165) is 0 Å². The van der Waals surface area contributed by atoms with E-state index < -0.39 is 5.97 Å². The predicted octanol–water partition coefficient (Wildman–Crippen LogP) is 2.36. The fourth-order valence-electron chi connectivity index (χ4n) is 1.34. The Morgan fingerprint density at radius 1 is 1.47 bits per heavy atom. The van der Waals surface area contributed by atoms with Crippen LogP contribution < -0.4 is 5.32 Å². The summed E-state index contributed by atoms with van der Waals surface area (Å²) < 4.78 is 4.86. The maximum atomic E-state index is 11.7. The van der Waals surface area contributed by atoms with E-state index in [0.29, 0.717) is 12.4 Å². The number of carbonyl (C=O) groups is 2. The summed E-state index contributed by atoms with van der Waals surface area (Å²) in [5.74, 6) is -0.515. The zero-order valence-corrected chi connectivity index (χ0v) is 11.9. The average molecular weight is 304 g/mol. The number of hydrogen-bond acceptors (Lipinski definition) is 4. The Hall–Kier alpha value is -1.24. The summed E-state index contributed by atoms with van der Waals surface area (Å²) >= 11 is 7.21. The molecule has 0 aromatic heterocycles. The first-order valence-corrected chi connectivity index (χ1v) is 6.98. The largest absolute Gasteiger partial charge is 0.478 e. The first kappa shape index (κ1) is 15.8. The highest BCUT2D eigenvalue weighted by molar-refractivity contribution is 7.99. The summed E-state index contributed by atoms with van der Waals surface area (Å²) in [6, 6.07) is 4.56. The molecular formula is C12H14ClNO4S. The van der Waals surface area contributed by atoms with Gasteiger partial charge in [-0.3, -0.25) is 4.79 Å². The molecule has 5 nitrogen and oxygen atoms in total. The van der Waals surface area contributed by atoms with Crippen LogP contribution in [-0.2, 0) is 9.53 Å². The molecule has 0 spiro atoms. The maximum absolute atomic E-state index is 11.7. The van der Waals surface area contributed by atoms with Crippen molar-refractivity contribution in [2.24, 2.45) is 0 Å². The Balaban J connectivity index is 2.64. The molecule has 2 N–H and O–H groups in total. The van der Waals surface area contributed by atoms with Crippen molar-refractivity contribution in [1.29, 1.82) is 0 Å². The molecule has 0 aliphatic carbocycles. The number of methoxy groups -OCH3 is 1. The van der Waals surface area contributed by atoms with Gasteiger partial charge in [0.05, 0.1) is 23.1 Å². The Bertz CT molecular complexity index is 467. The molecule has 0 bridgehead atoms. The molecule has 0 saturated heterocycles. The van der Waals surface area contributed by atoms with Crippen LogP contribution in [-0.4, -0.2) is 42.2 Å². The van der Waals surface area contributed by atoms with Crippen molar-refractivity contribution < 1.29 is 19.4 Å². The number of carbonyl (C=O) groups excluding carboxylic acids is 1. The van der Waals surface area contributed by atoms with Crippen molar-refractivity contribution in [2.75, 3.05) is 30.5 Å². The number of anilines is 1. The fourth-order valence-corrected chi connectivity index (χ4v) is 2.28. The fraction of sp³-hybridized carbons (Fsp3) is 0.333. The first-order chi connectivity index (χ1) is 9.06. The van der Waals surface area contributed by atoms with Gasteiger partial charge in [-0.1, -0.05) is 17.7 Å². The minimum Gasteiger partial charge on any atom is -0.478 e. The van der Waals surface area contributed by atoms with E-state index in [4.69, 9.17) is 21.4 Å². The topological polar surface area (TPSA) is 75.6 Å². The predicted molar refractivity (Wildman–Crippen MR) is 76.2 cm³/mol. The lowest BCUT2D eigenvalue weighted by Crippen LogP contribution is -2.17. The van der Waals surface area contributed by atoms with Crippen LogP contribution in [0.15, 0.2) is 18.2 Å². The number of nitrogens with one attached hydrogen (secondary N) is 1. The van der Waals surface area contributed by atoms with E-state index in [2.05, 4.69) is 5.32 Å². The van der Waals surface area contributed by atoms with Gasteiger partial charge in [-0.2, -0.15) is 0 Å². The van der Waals surface area contributed by atoms with Gasteiger partial charge >= 0.3 is 5.97 Å². The van der Waals surface area contributed by atoms with E-state index in [1.54, 1.807) is 13.2 Å². The van der Waals surface area contributed by atoms with Gasteiger partial charge in [0.2, 0.25) is 5.91 Å². The lowest BCUT2D eigenvalue weighted by molar-refractivity contribution is -0.113. The Kier molecular flexibility index (Phi) is 6.69. The summed E-state index contributed by atoms with van der Waals surface area (Å²) in [6.45, 7) is 0.565. The molecule has 1 rings (SSSR count). The van der Waals surface area contributed by atoms with Gasteiger partial charge in [-0.15, -0.1) is 11.8 Å². The Labute approximate surface area is 120 Å². The minimum atomic E-state index is -1.17. The molecule has 104 valence electrons. The number of hydrogen-bond donors (Lipinski definition) is 2. The highest BCUT2D eigenvalue weighted by atomic mass is 35.5. The minimum absolute atomic E-state index is 0.0948. The molecule has 1 aromatic rings. The van der Waals surface area contributed by atoms with Crippen LogP contribution in [0, 0.1) is 0 Å². The average Bonchev–Trinajstić information content (AvgIpc) is 2.34. The lowest BCUT2D eigenvalue weighted by Gasteiger charge is -2.09. The number of thioether (sulfide) groups is 1. The number of ether oxygens (including phenoxy) is 1. The Morgan fingerprint density at radius 2 is 2.21 bits per heavy atom. The lowest BCUT2D eigenvalue weighted by atomic mass is 10.2. The van der Waals surface area contributed by atoms with E-state index in [1.807, 2.05) is 0 Å². The number of aromatic carboxylic acids is 1. The van der Waals surface area contributed by atoms with E-state index in [-0.39, 0.29) is 27.9 Å². The summed E-state index contributed by atoms with van der Waals surface area (Å²) in [6.07, 6.45) is 0. The number of carboxylic acids is 1. The van der Waals surface area contributed by atoms with Crippen LogP contribution in [0.25, 0.3) is 0 Å². The summed E-state index contributed by atoms with van der Waals surface area (Å²) in [7, 11) is 1.59. The summed E-state index contributed by atoms with van der Waals surface area (Å²) in [5.41, 5.74) is 0.108. The summed E-state index contributed by atoms with van der Waals surface area (Å²) in [5, 5.41) is 11.7. The zero-order valence-electron chi connectivity index (χ0n) is 10.3. The molecule has 0 aliphatic heterocycles. The molecule has 0 atom stereocenters. The SMILES string of the molecule is COCCSCC(=O)Nc1cccc(Cl)c1C(=O)O. The van der Waals surface area contributed by atoms with Crippen LogP contribution in [0.1, 0.15) is 10.4 Å². The monoisotopic (exact) mass is 303 g/mol. The third kappa shape index (κ3) is 5.10. The van der Waals surface area contributed by atoms with Crippen molar-refractivity contribution in [2.45, 2.75) is 0 Å². The Morgan fingerprint density at radius 3 is 2.84 bits per heavy atom. The van der Waals surface area contributed by atoms with E-state index >= 15 is 0 Å². The van der Waals surface area contributed by atoms with Gasteiger partial charge in [0, 0.05) is 12.9 Å².